The fraction of sp³-hybridized carbons (Fsp3) is 0.600. The molecule has 14 heavy (non-hydrogen) atoms. The van der Waals surface area contributed by atoms with E-state index < -0.39 is 0 Å². The molecule has 0 aliphatic carbocycles. The van der Waals surface area contributed by atoms with Crippen LogP contribution in [0.15, 0.2) is 18.7 Å². The molecule has 0 atom stereocenters. The number of aryl methyl sites for hydroxylation is 1. The van der Waals surface area contributed by atoms with E-state index in [1.807, 2.05) is 53.7 Å². The number of amides is 1. The van der Waals surface area contributed by atoms with Crippen molar-refractivity contribution >= 4 is 5.91 Å². The lowest BCUT2D eigenvalue weighted by molar-refractivity contribution is -0.671. The molecule has 4 nitrogen and oxygen atoms in total. The third-order valence-corrected chi connectivity index (χ3v) is 2.26. The second-order valence-electron chi connectivity index (χ2n) is 3.32. The summed E-state index contributed by atoms with van der Waals surface area (Å²) in [6, 6.07) is 0. The molecule has 0 bridgehead atoms. The number of rotatable bonds is 4. The maximum Gasteiger partial charge on any atom is 0.264 e. The first kappa shape index (κ1) is 10.8. The van der Waals surface area contributed by atoms with Gasteiger partial charge in [0.2, 0.25) is 6.33 Å². The van der Waals surface area contributed by atoms with Crippen LogP contribution in [0.2, 0.25) is 0 Å². The fourth-order valence-electron chi connectivity index (χ4n) is 1.43. The number of imidazole rings is 1. The molecule has 0 radical (unpaired) electrons. The molecule has 0 aromatic carbocycles. The van der Waals surface area contributed by atoms with Crippen molar-refractivity contribution in [3.8, 4) is 0 Å². The Balaban J connectivity index is 2.56. The van der Waals surface area contributed by atoms with Crippen molar-refractivity contribution in [2.75, 3.05) is 13.1 Å². The lowest BCUT2D eigenvalue weighted by atomic mass is 10.4. The number of carbonyl (C=O) groups excluding carboxylic acids is 1. The third-order valence-electron chi connectivity index (χ3n) is 2.26. The van der Waals surface area contributed by atoms with Gasteiger partial charge >= 0.3 is 0 Å². The molecule has 78 valence electrons. The highest BCUT2D eigenvalue weighted by Crippen LogP contribution is 1.93. The monoisotopic (exact) mass is 196 g/mol. The minimum Gasteiger partial charge on any atom is -0.340 e. The van der Waals surface area contributed by atoms with Crippen LogP contribution in [0.25, 0.3) is 0 Å². The summed E-state index contributed by atoms with van der Waals surface area (Å²) in [5.74, 6) is 0.172. The molecule has 0 spiro atoms. The van der Waals surface area contributed by atoms with Crippen molar-refractivity contribution in [3.05, 3.63) is 18.7 Å². The average Bonchev–Trinajstić information content (AvgIpc) is 2.53. The average molecular weight is 196 g/mol. The first-order valence-electron chi connectivity index (χ1n) is 4.96. The van der Waals surface area contributed by atoms with Gasteiger partial charge in [-0.2, -0.15) is 0 Å². The van der Waals surface area contributed by atoms with Crippen LogP contribution in [0.4, 0.5) is 0 Å². The van der Waals surface area contributed by atoms with Gasteiger partial charge in [0.1, 0.15) is 12.4 Å². The maximum atomic E-state index is 11.7. The van der Waals surface area contributed by atoms with Gasteiger partial charge < -0.3 is 4.90 Å². The first-order chi connectivity index (χ1) is 6.67. The number of likely N-dealkylation sites (N-methyl/N-ethyl adjacent to an activating group) is 1. The Morgan fingerprint density at radius 1 is 1.43 bits per heavy atom. The number of hydrogen-bond donors (Lipinski definition) is 0. The maximum absolute atomic E-state index is 11.7. The topological polar surface area (TPSA) is 29.1 Å². The molecule has 1 aromatic heterocycles. The highest BCUT2D eigenvalue weighted by Gasteiger charge is 2.12. The number of nitrogens with zero attached hydrogens (tertiary/aromatic N) is 3. The van der Waals surface area contributed by atoms with Crippen molar-refractivity contribution < 1.29 is 9.36 Å². The Bertz CT molecular complexity index is 302. The second-order valence-corrected chi connectivity index (χ2v) is 3.32. The minimum atomic E-state index is 0.172. The third kappa shape index (κ3) is 2.58. The summed E-state index contributed by atoms with van der Waals surface area (Å²) in [6.45, 7) is 5.99. The van der Waals surface area contributed by atoms with Crippen LogP contribution in [0.1, 0.15) is 13.8 Å². The Kier molecular flexibility index (Phi) is 3.68. The van der Waals surface area contributed by atoms with Crippen LogP contribution < -0.4 is 4.57 Å². The smallest absolute Gasteiger partial charge is 0.264 e. The zero-order valence-electron chi connectivity index (χ0n) is 9.10. The lowest BCUT2D eigenvalue weighted by Crippen LogP contribution is -2.33. The van der Waals surface area contributed by atoms with E-state index in [0.717, 1.165) is 13.1 Å². The van der Waals surface area contributed by atoms with Crippen molar-refractivity contribution in [1.82, 2.24) is 9.47 Å². The van der Waals surface area contributed by atoms with E-state index in [-0.39, 0.29) is 5.91 Å². The van der Waals surface area contributed by atoms with E-state index in [1.165, 1.54) is 0 Å². The first-order valence-corrected chi connectivity index (χ1v) is 4.96. The summed E-state index contributed by atoms with van der Waals surface area (Å²) in [4.78, 5) is 13.5. The normalized spacial score (nSPS) is 10.2. The van der Waals surface area contributed by atoms with Gasteiger partial charge in [0.25, 0.3) is 5.91 Å². The van der Waals surface area contributed by atoms with Crippen LogP contribution in [0, 0.1) is 0 Å². The van der Waals surface area contributed by atoms with Gasteiger partial charge in [-0.1, -0.05) is 0 Å². The predicted molar refractivity (Wildman–Crippen MR) is 53.5 cm³/mol. The van der Waals surface area contributed by atoms with Crippen LogP contribution in [0.3, 0.4) is 0 Å². The largest absolute Gasteiger partial charge is 0.340 e. The Labute approximate surface area is 84.8 Å². The fourth-order valence-corrected chi connectivity index (χ4v) is 1.43. The van der Waals surface area contributed by atoms with Gasteiger partial charge in [0, 0.05) is 13.1 Å². The Morgan fingerprint density at radius 2 is 2.07 bits per heavy atom. The molecule has 0 saturated carbocycles. The summed E-state index contributed by atoms with van der Waals surface area (Å²) >= 11 is 0. The number of aromatic nitrogens is 2. The summed E-state index contributed by atoms with van der Waals surface area (Å²) < 4.78 is 3.82. The summed E-state index contributed by atoms with van der Waals surface area (Å²) in [7, 11) is 1.94. The van der Waals surface area contributed by atoms with E-state index in [0.29, 0.717) is 6.54 Å². The van der Waals surface area contributed by atoms with Crippen LogP contribution in [0.5, 0.6) is 0 Å². The Morgan fingerprint density at radius 3 is 2.50 bits per heavy atom. The van der Waals surface area contributed by atoms with Gasteiger partial charge in [-0.15, -0.1) is 0 Å². The minimum absolute atomic E-state index is 0.172. The number of carbonyl (C=O) groups is 1. The van der Waals surface area contributed by atoms with Crippen molar-refractivity contribution in [2.24, 2.45) is 7.05 Å². The summed E-state index contributed by atoms with van der Waals surface area (Å²) in [6.07, 6.45) is 5.73. The van der Waals surface area contributed by atoms with Crippen LogP contribution in [-0.4, -0.2) is 28.5 Å². The van der Waals surface area contributed by atoms with Gasteiger partial charge in [-0.05, 0) is 13.8 Å². The van der Waals surface area contributed by atoms with Crippen LogP contribution in [-0.2, 0) is 18.4 Å². The SMILES string of the molecule is CCN(CC)C(=O)Cn1cc[n+](C)c1. The molecule has 0 fully saturated rings. The molecule has 0 unspecified atom stereocenters. The summed E-state index contributed by atoms with van der Waals surface area (Å²) in [5.41, 5.74) is 0. The van der Waals surface area contributed by atoms with Crippen molar-refractivity contribution in [2.45, 2.75) is 20.4 Å². The highest BCUT2D eigenvalue weighted by molar-refractivity contribution is 5.75. The van der Waals surface area contributed by atoms with Crippen molar-refractivity contribution in [3.63, 3.8) is 0 Å². The highest BCUT2D eigenvalue weighted by atomic mass is 16.2. The standard InChI is InChI=1S/C10H18N3O/c1-4-13(5-2)10(14)8-12-7-6-11(3)9-12/h6-7,9H,4-5,8H2,1-3H3/q+1. The van der Waals surface area contributed by atoms with Crippen LogP contribution >= 0.6 is 0 Å². The van der Waals surface area contributed by atoms with Crippen molar-refractivity contribution in [1.29, 1.82) is 0 Å². The van der Waals surface area contributed by atoms with E-state index in [2.05, 4.69) is 0 Å². The molecule has 1 rings (SSSR count). The number of hydrogen-bond acceptors (Lipinski definition) is 1. The zero-order valence-corrected chi connectivity index (χ0v) is 9.10. The molecule has 0 aliphatic rings. The summed E-state index contributed by atoms with van der Waals surface area (Å²) in [5, 5.41) is 0. The molecule has 0 aliphatic heterocycles. The van der Waals surface area contributed by atoms with E-state index in [9.17, 15) is 4.79 Å². The lowest BCUT2D eigenvalue weighted by Gasteiger charge is -2.16. The molecule has 0 saturated heterocycles. The van der Waals surface area contributed by atoms with E-state index in [4.69, 9.17) is 0 Å². The van der Waals surface area contributed by atoms with Gasteiger partial charge in [-0.3, -0.25) is 4.79 Å². The molecule has 1 amide bonds. The quantitative estimate of drug-likeness (QED) is 0.632. The molecule has 4 heteroatoms. The molecule has 0 N–H and O–H groups in total. The van der Waals surface area contributed by atoms with Gasteiger partial charge in [0.15, 0.2) is 6.54 Å². The Hall–Kier alpha value is -1.32. The predicted octanol–water partition coefficient (Wildman–Crippen LogP) is 0.181. The van der Waals surface area contributed by atoms with E-state index in [1.54, 1.807) is 0 Å². The molecular weight excluding hydrogens is 178 g/mol. The van der Waals surface area contributed by atoms with Gasteiger partial charge in [0.05, 0.1) is 7.05 Å². The zero-order chi connectivity index (χ0) is 10.6. The van der Waals surface area contributed by atoms with E-state index >= 15 is 0 Å². The van der Waals surface area contributed by atoms with Gasteiger partial charge in [-0.25, -0.2) is 9.13 Å². The second kappa shape index (κ2) is 4.79. The molecular formula is C10H18N3O+. The molecule has 1 heterocycles. The molecule has 1 aromatic rings.